The third-order valence-electron chi connectivity index (χ3n) is 4.77. The number of aromatic nitrogens is 5. The number of para-hydroxylation sites is 1. The Bertz CT molecular complexity index is 929. The van der Waals surface area contributed by atoms with Crippen molar-refractivity contribution in [2.24, 2.45) is 0 Å². The van der Waals surface area contributed by atoms with Gasteiger partial charge in [-0.3, -0.25) is 9.48 Å². The molecule has 0 unspecified atom stereocenters. The summed E-state index contributed by atoms with van der Waals surface area (Å²) in [6, 6.07) is 10.1. The zero-order chi connectivity index (χ0) is 18.8. The fourth-order valence-corrected chi connectivity index (χ4v) is 3.26. The van der Waals surface area contributed by atoms with E-state index in [1.54, 1.807) is 15.8 Å². The lowest BCUT2D eigenvalue weighted by atomic mass is 10.1. The monoisotopic (exact) mass is 365 g/mol. The maximum Gasteiger partial charge on any atom is 0.276 e. The normalized spacial score (nSPS) is 13.8. The van der Waals surface area contributed by atoms with Gasteiger partial charge >= 0.3 is 0 Å². The summed E-state index contributed by atoms with van der Waals surface area (Å²) in [5.41, 5.74) is 3.59. The van der Waals surface area contributed by atoms with Crippen LogP contribution in [0.2, 0.25) is 0 Å². The first-order chi connectivity index (χ1) is 13.1. The molecule has 0 saturated heterocycles. The van der Waals surface area contributed by atoms with Crippen LogP contribution in [0, 0.1) is 0 Å². The highest BCUT2D eigenvalue weighted by Gasteiger charge is 2.27. The van der Waals surface area contributed by atoms with E-state index in [9.17, 15) is 4.79 Å². The van der Waals surface area contributed by atoms with Crippen LogP contribution in [0.15, 0.2) is 42.9 Å². The second-order valence-corrected chi connectivity index (χ2v) is 6.99. The molecule has 0 fully saturated rings. The molecule has 1 amide bonds. The lowest BCUT2D eigenvalue weighted by Crippen LogP contribution is -2.36. The van der Waals surface area contributed by atoms with Crippen LogP contribution in [0.25, 0.3) is 5.69 Å². The van der Waals surface area contributed by atoms with Gasteiger partial charge in [-0.05, 0) is 26.2 Å². The molecule has 4 rings (SSSR count). The smallest absolute Gasteiger partial charge is 0.276 e. The van der Waals surface area contributed by atoms with Crippen molar-refractivity contribution in [1.82, 2.24) is 34.3 Å². The molecule has 2 aromatic heterocycles. The lowest BCUT2D eigenvalue weighted by Gasteiger charge is -2.26. The topological polar surface area (TPSA) is 72.1 Å². The average molecular weight is 365 g/mol. The van der Waals surface area contributed by atoms with E-state index in [0.29, 0.717) is 25.3 Å². The van der Waals surface area contributed by atoms with Gasteiger partial charge in [-0.2, -0.15) is 0 Å². The molecule has 1 aromatic carbocycles. The molecule has 1 aliphatic rings. The van der Waals surface area contributed by atoms with E-state index in [1.807, 2.05) is 38.6 Å². The molecule has 0 N–H and O–H groups in total. The Kier molecular flexibility index (Phi) is 4.72. The van der Waals surface area contributed by atoms with Gasteiger partial charge in [0.1, 0.15) is 0 Å². The van der Waals surface area contributed by atoms with Crippen LogP contribution in [0.4, 0.5) is 0 Å². The van der Waals surface area contributed by atoms with E-state index in [-0.39, 0.29) is 5.91 Å². The van der Waals surface area contributed by atoms with E-state index in [1.165, 1.54) is 5.69 Å². The van der Waals surface area contributed by atoms with E-state index in [0.717, 1.165) is 24.3 Å². The highest BCUT2D eigenvalue weighted by Crippen LogP contribution is 2.22. The zero-order valence-corrected chi connectivity index (χ0v) is 15.6. The third kappa shape index (κ3) is 3.61. The molecule has 3 heterocycles. The number of amides is 1. The number of hydrogen-bond acceptors (Lipinski definition) is 5. The Morgan fingerprint density at radius 3 is 2.81 bits per heavy atom. The Balaban J connectivity index is 1.47. The van der Waals surface area contributed by atoms with E-state index >= 15 is 0 Å². The summed E-state index contributed by atoms with van der Waals surface area (Å²) in [6.07, 6.45) is 4.33. The molecule has 0 atom stereocenters. The van der Waals surface area contributed by atoms with Crippen LogP contribution in [0.5, 0.6) is 0 Å². The Hall–Kier alpha value is -3.00. The predicted molar refractivity (Wildman–Crippen MR) is 101 cm³/mol. The van der Waals surface area contributed by atoms with Gasteiger partial charge in [-0.15, -0.1) is 5.10 Å². The molecule has 3 aromatic rings. The number of carbonyl (C=O) groups is 1. The number of carbonyl (C=O) groups excluding carboxylic acids is 1. The molecule has 0 saturated carbocycles. The summed E-state index contributed by atoms with van der Waals surface area (Å²) in [6.45, 7) is 2.70. The molecule has 1 aliphatic heterocycles. The number of hydrogen-bond donors (Lipinski definition) is 0. The zero-order valence-electron chi connectivity index (χ0n) is 15.6. The fraction of sp³-hybridized carbons (Fsp3) is 0.368. The van der Waals surface area contributed by atoms with Crippen molar-refractivity contribution in [3.05, 3.63) is 59.9 Å². The molecule has 0 spiro atoms. The Labute approximate surface area is 158 Å². The van der Waals surface area contributed by atoms with E-state index in [4.69, 9.17) is 0 Å². The minimum Gasteiger partial charge on any atom is -0.331 e. The van der Waals surface area contributed by atoms with Gasteiger partial charge in [-0.1, -0.05) is 23.4 Å². The van der Waals surface area contributed by atoms with Crippen LogP contribution in [0.3, 0.4) is 0 Å². The molecular formula is C19H23N7O. The van der Waals surface area contributed by atoms with Crippen molar-refractivity contribution in [1.29, 1.82) is 0 Å². The largest absolute Gasteiger partial charge is 0.331 e. The first kappa shape index (κ1) is 17.4. The highest BCUT2D eigenvalue weighted by atomic mass is 16.2. The summed E-state index contributed by atoms with van der Waals surface area (Å²) in [4.78, 5) is 21.2. The number of rotatable bonds is 5. The maximum absolute atomic E-state index is 12.8. The second-order valence-electron chi connectivity index (χ2n) is 6.99. The van der Waals surface area contributed by atoms with Crippen molar-refractivity contribution in [2.45, 2.75) is 19.5 Å². The minimum atomic E-state index is -0.0917. The van der Waals surface area contributed by atoms with Gasteiger partial charge < -0.3 is 14.4 Å². The summed E-state index contributed by atoms with van der Waals surface area (Å²) in [5, 5.41) is 8.12. The third-order valence-corrected chi connectivity index (χ3v) is 4.77. The molecule has 0 radical (unpaired) electrons. The molecular weight excluding hydrogens is 342 g/mol. The van der Waals surface area contributed by atoms with E-state index in [2.05, 4.69) is 36.9 Å². The Morgan fingerprint density at radius 1 is 1.22 bits per heavy atom. The van der Waals surface area contributed by atoms with Crippen molar-refractivity contribution in [2.75, 3.05) is 27.2 Å². The number of imidazole rings is 1. The van der Waals surface area contributed by atoms with Gasteiger partial charge in [-0.25, -0.2) is 4.98 Å². The molecule has 140 valence electrons. The summed E-state index contributed by atoms with van der Waals surface area (Å²) in [5.74, 6) is -0.0917. The summed E-state index contributed by atoms with van der Waals surface area (Å²) >= 11 is 0. The summed E-state index contributed by atoms with van der Waals surface area (Å²) < 4.78 is 3.82. The van der Waals surface area contributed by atoms with Crippen LogP contribution >= 0.6 is 0 Å². The summed E-state index contributed by atoms with van der Waals surface area (Å²) in [7, 11) is 4.01. The van der Waals surface area contributed by atoms with Gasteiger partial charge in [0.05, 0.1) is 31.3 Å². The maximum atomic E-state index is 12.8. The number of fused-ring (bicyclic) bond motifs is 1. The number of likely N-dealkylation sites (N-methyl/N-ethyl adjacent to an activating group) is 1. The first-order valence-electron chi connectivity index (χ1n) is 9.06. The van der Waals surface area contributed by atoms with Gasteiger partial charge in [0.2, 0.25) is 0 Å². The van der Waals surface area contributed by atoms with Gasteiger partial charge in [0.15, 0.2) is 5.69 Å². The van der Waals surface area contributed by atoms with E-state index < -0.39 is 0 Å². The highest BCUT2D eigenvalue weighted by molar-refractivity contribution is 5.92. The molecule has 8 nitrogen and oxygen atoms in total. The average Bonchev–Trinajstić information content (AvgIpc) is 3.33. The van der Waals surface area contributed by atoms with Crippen molar-refractivity contribution >= 4 is 5.91 Å². The van der Waals surface area contributed by atoms with Gasteiger partial charge in [0.25, 0.3) is 5.91 Å². The molecule has 0 aliphatic carbocycles. The lowest BCUT2D eigenvalue weighted by molar-refractivity contribution is 0.0725. The quantitative estimate of drug-likeness (QED) is 0.680. The molecule has 0 bridgehead atoms. The first-order valence-corrected chi connectivity index (χ1v) is 9.06. The Morgan fingerprint density at radius 2 is 2.04 bits per heavy atom. The van der Waals surface area contributed by atoms with Crippen LogP contribution in [0.1, 0.15) is 21.9 Å². The molecule has 27 heavy (non-hydrogen) atoms. The van der Waals surface area contributed by atoms with Gasteiger partial charge in [0, 0.05) is 30.9 Å². The number of nitrogens with zero attached hydrogens (tertiary/aromatic N) is 7. The minimum absolute atomic E-state index is 0.0917. The molecule has 8 heteroatoms. The van der Waals surface area contributed by atoms with Crippen LogP contribution in [-0.2, 0) is 19.5 Å². The number of benzene rings is 1. The van der Waals surface area contributed by atoms with Crippen molar-refractivity contribution in [3.8, 4) is 5.69 Å². The second kappa shape index (κ2) is 7.32. The van der Waals surface area contributed by atoms with Crippen LogP contribution in [-0.4, -0.2) is 67.4 Å². The van der Waals surface area contributed by atoms with Crippen molar-refractivity contribution < 1.29 is 4.79 Å². The predicted octanol–water partition coefficient (Wildman–Crippen LogP) is 1.22. The van der Waals surface area contributed by atoms with Crippen molar-refractivity contribution in [3.63, 3.8) is 0 Å². The standard InChI is InChI=1S/C19H23N7O/c1-23(2)10-11-25-13-17(21-22-25)19(27)24-9-8-18-16(12-24)20-14-26(18)15-6-4-3-5-7-15/h3-7,13-14H,8-12H2,1-2H3. The fourth-order valence-electron chi connectivity index (χ4n) is 3.26. The van der Waals surface area contributed by atoms with Crippen LogP contribution < -0.4 is 0 Å². The SMILES string of the molecule is CN(C)CCn1cc(C(=O)N2CCc3c(ncn3-c3ccccc3)C2)nn1.